The second kappa shape index (κ2) is 10.7. The quantitative estimate of drug-likeness (QED) is 0.539. The molecule has 0 spiro atoms. The largest absolute Gasteiger partial charge is 0.481 e. The molecule has 2 N–H and O–H groups in total. The molecule has 20 heavy (non-hydrogen) atoms. The number of nitrogens with zero attached hydrogens (tertiary/aromatic N) is 2. The monoisotopic (exact) mass is 283 g/mol. The van der Waals surface area contributed by atoms with Crippen LogP contribution in [-0.2, 0) is 4.79 Å². The molecule has 1 aliphatic heterocycles. The van der Waals surface area contributed by atoms with Crippen LogP contribution < -0.4 is 5.32 Å². The van der Waals surface area contributed by atoms with Gasteiger partial charge in [0.2, 0.25) is 0 Å². The van der Waals surface area contributed by atoms with Crippen molar-refractivity contribution in [3.8, 4) is 0 Å². The Bertz CT molecular complexity index is 305. The van der Waals surface area contributed by atoms with Gasteiger partial charge in [0.25, 0.3) is 0 Å². The van der Waals surface area contributed by atoms with Crippen molar-refractivity contribution in [1.82, 2.24) is 10.2 Å². The van der Waals surface area contributed by atoms with Gasteiger partial charge in [0.15, 0.2) is 0 Å². The van der Waals surface area contributed by atoms with E-state index < -0.39 is 5.97 Å². The van der Waals surface area contributed by atoms with E-state index in [1.807, 2.05) is 0 Å². The Morgan fingerprint density at radius 1 is 1.30 bits per heavy atom. The molecule has 0 saturated heterocycles. The Labute approximate surface area is 122 Å². The van der Waals surface area contributed by atoms with Crippen molar-refractivity contribution in [2.75, 3.05) is 32.7 Å². The molecule has 0 aromatic heterocycles. The molecule has 0 aromatic rings. The molecule has 0 radical (unpaired) electrons. The third-order valence-corrected chi connectivity index (χ3v) is 3.61. The predicted octanol–water partition coefficient (Wildman–Crippen LogP) is 2.13. The highest BCUT2D eigenvalue weighted by atomic mass is 16.4. The van der Waals surface area contributed by atoms with Crippen LogP contribution in [0, 0.1) is 0 Å². The maximum atomic E-state index is 10.4. The van der Waals surface area contributed by atoms with Crippen LogP contribution in [0.4, 0.5) is 0 Å². The number of hydrogen-bond acceptors (Lipinski definition) is 4. The van der Waals surface area contributed by atoms with E-state index in [4.69, 9.17) is 5.11 Å². The molecule has 0 unspecified atom stereocenters. The van der Waals surface area contributed by atoms with Crippen LogP contribution >= 0.6 is 0 Å². The van der Waals surface area contributed by atoms with Crippen LogP contribution in [0.1, 0.15) is 51.9 Å². The minimum atomic E-state index is -0.743. The molecule has 0 fully saturated rings. The highest BCUT2D eigenvalue weighted by Gasteiger charge is 2.15. The summed E-state index contributed by atoms with van der Waals surface area (Å²) in [6, 6.07) is 0. The zero-order chi connectivity index (χ0) is 14.6. The van der Waals surface area contributed by atoms with Crippen LogP contribution in [0.5, 0.6) is 0 Å². The smallest absolute Gasteiger partial charge is 0.304 e. The Kier molecular flexibility index (Phi) is 9.04. The highest BCUT2D eigenvalue weighted by molar-refractivity contribution is 5.83. The molecule has 0 aromatic carbocycles. The zero-order valence-electron chi connectivity index (χ0n) is 12.7. The fraction of sp³-hybridized carbons (Fsp3) is 0.867. The van der Waals surface area contributed by atoms with Crippen LogP contribution in [0.25, 0.3) is 0 Å². The maximum Gasteiger partial charge on any atom is 0.304 e. The summed E-state index contributed by atoms with van der Waals surface area (Å²) in [5, 5.41) is 11.7. The van der Waals surface area contributed by atoms with Crippen molar-refractivity contribution in [1.29, 1.82) is 0 Å². The lowest BCUT2D eigenvalue weighted by Gasteiger charge is -2.20. The third-order valence-electron chi connectivity index (χ3n) is 3.61. The van der Waals surface area contributed by atoms with Gasteiger partial charge in [-0.05, 0) is 6.42 Å². The zero-order valence-corrected chi connectivity index (χ0v) is 12.7. The number of nitrogens with one attached hydrogen (secondary N) is 1. The molecule has 1 aliphatic rings. The molecule has 5 nitrogen and oxygen atoms in total. The summed E-state index contributed by atoms with van der Waals surface area (Å²) >= 11 is 0. The van der Waals surface area contributed by atoms with Crippen molar-refractivity contribution in [2.45, 2.75) is 51.9 Å². The Morgan fingerprint density at radius 3 is 2.85 bits per heavy atom. The summed E-state index contributed by atoms with van der Waals surface area (Å²) in [6.07, 6.45) is 7.79. The van der Waals surface area contributed by atoms with E-state index in [9.17, 15) is 4.79 Å². The number of hydrogen-bond donors (Lipinski definition) is 2. The van der Waals surface area contributed by atoms with E-state index in [-0.39, 0.29) is 6.42 Å². The third kappa shape index (κ3) is 7.48. The van der Waals surface area contributed by atoms with Crippen LogP contribution in [-0.4, -0.2) is 54.5 Å². The van der Waals surface area contributed by atoms with Gasteiger partial charge in [0.1, 0.15) is 0 Å². The van der Waals surface area contributed by atoms with Gasteiger partial charge >= 0.3 is 5.97 Å². The summed E-state index contributed by atoms with van der Waals surface area (Å²) < 4.78 is 0. The van der Waals surface area contributed by atoms with Gasteiger partial charge in [-0.3, -0.25) is 9.79 Å². The molecule has 116 valence electrons. The van der Waals surface area contributed by atoms with Crippen LogP contribution in [0.2, 0.25) is 0 Å². The normalized spacial score (nSPS) is 14.7. The molecule has 1 heterocycles. The minimum Gasteiger partial charge on any atom is -0.481 e. The number of carboxylic acids is 1. The molecule has 5 heteroatoms. The van der Waals surface area contributed by atoms with Gasteiger partial charge in [-0.25, -0.2) is 0 Å². The Morgan fingerprint density at radius 2 is 2.10 bits per heavy atom. The first-order valence-electron chi connectivity index (χ1n) is 7.94. The van der Waals surface area contributed by atoms with Crippen LogP contribution in [0.15, 0.2) is 4.99 Å². The number of carboxylic acid groups (broad SMARTS) is 1. The van der Waals surface area contributed by atoms with Crippen molar-refractivity contribution in [3.63, 3.8) is 0 Å². The van der Waals surface area contributed by atoms with E-state index in [0.29, 0.717) is 6.54 Å². The molecule has 0 saturated carbocycles. The van der Waals surface area contributed by atoms with Gasteiger partial charge in [-0.15, -0.1) is 0 Å². The summed E-state index contributed by atoms with van der Waals surface area (Å²) in [4.78, 5) is 17.3. The number of aliphatic imine (C=N–C) groups is 1. The Hall–Kier alpha value is -1.10. The summed E-state index contributed by atoms with van der Waals surface area (Å²) in [5.41, 5.74) is 0. The summed E-state index contributed by atoms with van der Waals surface area (Å²) in [7, 11) is 0. The summed E-state index contributed by atoms with van der Waals surface area (Å²) in [5.74, 6) is 0.509. The first kappa shape index (κ1) is 17.0. The molecule has 0 atom stereocenters. The average molecular weight is 283 g/mol. The fourth-order valence-corrected chi connectivity index (χ4v) is 2.43. The minimum absolute atomic E-state index is 0.193. The summed E-state index contributed by atoms with van der Waals surface area (Å²) in [6.45, 7) is 6.49. The second-order valence-corrected chi connectivity index (χ2v) is 5.34. The molecule has 1 rings (SSSR count). The average Bonchev–Trinajstić information content (AvgIpc) is 2.85. The number of rotatable bonds is 12. The molecular formula is C15H29N3O2. The van der Waals surface area contributed by atoms with E-state index >= 15 is 0 Å². The second-order valence-electron chi connectivity index (χ2n) is 5.34. The maximum absolute atomic E-state index is 10.4. The van der Waals surface area contributed by atoms with E-state index in [1.54, 1.807) is 0 Å². The topological polar surface area (TPSA) is 64.9 Å². The first-order valence-corrected chi connectivity index (χ1v) is 7.94. The molecule has 0 bridgehead atoms. The van der Waals surface area contributed by atoms with Crippen molar-refractivity contribution >= 4 is 11.8 Å². The number of unbranched alkanes of at least 4 members (excludes halogenated alkanes) is 4. The van der Waals surface area contributed by atoms with E-state index in [1.165, 1.54) is 37.9 Å². The highest BCUT2D eigenvalue weighted by Crippen LogP contribution is 2.11. The van der Waals surface area contributed by atoms with Crippen molar-refractivity contribution in [3.05, 3.63) is 0 Å². The SMILES string of the molecule is CCCCCCCC1=NCCN1CCNCCC(=O)O. The van der Waals surface area contributed by atoms with Gasteiger partial charge < -0.3 is 15.3 Å². The predicted molar refractivity (Wildman–Crippen MR) is 82.4 cm³/mol. The molecule has 0 aliphatic carbocycles. The first-order chi connectivity index (χ1) is 9.74. The van der Waals surface area contributed by atoms with Gasteiger partial charge in [-0.1, -0.05) is 32.6 Å². The standard InChI is InChI=1S/C15H29N3O2/c1-2-3-4-5-6-7-14-17-11-13-18(14)12-10-16-9-8-15(19)20/h16H,2-13H2,1H3,(H,19,20). The number of amidine groups is 1. The van der Waals surface area contributed by atoms with Crippen molar-refractivity contribution in [2.24, 2.45) is 4.99 Å². The van der Waals surface area contributed by atoms with E-state index in [2.05, 4.69) is 22.1 Å². The number of carbonyl (C=O) groups is 1. The van der Waals surface area contributed by atoms with Crippen LogP contribution in [0.3, 0.4) is 0 Å². The lowest BCUT2D eigenvalue weighted by atomic mass is 10.1. The molecule has 0 amide bonds. The Balaban J connectivity index is 2.06. The fourth-order valence-electron chi connectivity index (χ4n) is 2.43. The van der Waals surface area contributed by atoms with E-state index in [0.717, 1.165) is 32.6 Å². The lowest BCUT2D eigenvalue weighted by molar-refractivity contribution is -0.136. The number of aliphatic carboxylic acids is 1. The van der Waals surface area contributed by atoms with Gasteiger partial charge in [-0.2, -0.15) is 0 Å². The molecular weight excluding hydrogens is 254 g/mol. The van der Waals surface area contributed by atoms with Crippen molar-refractivity contribution < 1.29 is 9.90 Å². The van der Waals surface area contributed by atoms with Gasteiger partial charge in [0, 0.05) is 32.6 Å². The lowest BCUT2D eigenvalue weighted by Crippen LogP contribution is -2.35. The van der Waals surface area contributed by atoms with Gasteiger partial charge in [0.05, 0.1) is 18.8 Å².